The first-order chi connectivity index (χ1) is 5.29. The van der Waals surface area contributed by atoms with Gasteiger partial charge in [0.1, 0.15) is 0 Å². The van der Waals surface area contributed by atoms with E-state index in [9.17, 15) is 0 Å². The highest BCUT2D eigenvalue weighted by molar-refractivity contribution is 5.85. The maximum Gasteiger partial charge on any atom is 0.0198 e. The van der Waals surface area contributed by atoms with E-state index < -0.39 is 0 Å². The summed E-state index contributed by atoms with van der Waals surface area (Å²) in [5.41, 5.74) is 6.75. The van der Waals surface area contributed by atoms with E-state index in [2.05, 4.69) is 12.1 Å². The summed E-state index contributed by atoms with van der Waals surface area (Å²) in [6.07, 6.45) is 4.01. The van der Waals surface area contributed by atoms with Gasteiger partial charge < -0.3 is 5.73 Å². The Morgan fingerprint density at radius 2 is 1.83 bits per heavy atom. The molecule has 0 amide bonds. The molecule has 1 aromatic rings. The highest BCUT2D eigenvalue weighted by Gasteiger charge is 1.84. The summed E-state index contributed by atoms with van der Waals surface area (Å²) in [5.74, 6) is 0. The van der Waals surface area contributed by atoms with Crippen molar-refractivity contribution >= 4 is 18.5 Å². The molecular weight excluding hydrogens is 170 g/mol. The van der Waals surface area contributed by atoms with Crippen LogP contribution in [0.25, 0.3) is 6.08 Å². The molecule has 66 valence electrons. The lowest BCUT2D eigenvalue weighted by atomic mass is 10.2. The van der Waals surface area contributed by atoms with Crippen molar-refractivity contribution in [3.8, 4) is 0 Å². The first kappa shape index (κ1) is 11.2. The zero-order chi connectivity index (χ0) is 8.10. The fourth-order valence-electron chi connectivity index (χ4n) is 0.827. The molecule has 2 N–H and O–H groups in total. The quantitative estimate of drug-likeness (QED) is 0.749. The molecular formula is C10H14ClN. The van der Waals surface area contributed by atoms with E-state index in [1.165, 1.54) is 5.56 Å². The molecule has 1 aromatic carbocycles. The molecule has 0 fully saturated rings. The highest BCUT2D eigenvalue weighted by Crippen LogP contribution is 2.00. The largest absolute Gasteiger partial charge is 0.325 e. The molecule has 0 radical (unpaired) electrons. The monoisotopic (exact) mass is 183 g/mol. The van der Waals surface area contributed by atoms with Crippen LogP contribution in [-0.2, 0) is 0 Å². The van der Waals surface area contributed by atoms with Crippen LogP contribution in [-0.4, -0.2) is 6.04 Å². The molecule has 0 saturated heterocycles. The first-order valence-electron chi connectivity index (χ1n) is 3.78. The third kappa shape index (κ3) is 4.16. The second kappa shape index (κ2) is 5.81. The number of halogens is 1. The Morgan fingerprint density at radius 3 is 2.33 bits per heavy atom. The Kier molecular flexibility index (Phi) is 5.43. The molecule has 0 saturated carbocycles. The molecule has 0 spiro atoms. The van der Waals surface area contributed by atoms with Gasteiger partial charge in [-0.15, -0.1) is 12.4 Å². The van der Waals surface area contributed by atoms with Crippen LogP contribution >= 0.6 is 12.4 Å². The number of rotatable bonds is 2. The van der Waals surface area contributed by atoms with Gasteiger partial charge in [0, 0.05) is 6.04 Å². The van der Waals surface area contributed by atoms with Crippen molar-refractivity contribution in [2.45, 2.75) is 13.0 Å². The van der Waals surface area contributed by atoms with Gasteiger partial charge in [0.2, 0.25) is 0 Å². The van der Waals surface area contributed by atoms with Crippen molar-refractivity contribution in [1.82, 2.24) is 0 Å². The third-order valence-corrected chi connectivity index (χ3v) is 1.39. The smallest absolute Gasteiger partial charge is 0.0198 e. The van der Waals surface area contributed by atoms with Crippen LogP contribution in [0, 0.1) is 0 Å². The lowest BCUT2D eigenvalue weighted by Crippen LogP contribution is -2.09. The Bertz CT molecular complexity index is 229. The molecule has 0 aliphatic heterocycles. The average Bonchev–Trinajstić information content (AvgIpc) is 2.03. The molecule has 2 heteroatoms. The van der Waals surface area contributed by atoms with Crippen LogP contribution in [0.4, 0.5) is 0 Å². The fourth-order valence-corrected chi connectivity index (χ4v) is 0.827. The molecule has 0 heterocycles. The van der Waals surface area contributed by atoms with E-state index in [0.29, 0.717) is 0 Å². The van der Waals surface area contributed by atoms with Gasteiger partial charge in [0.15, 0.2) is 0 Å². The zero-order valence-corrected chi connectivity index (χ0v) is 7.92. The van der Waals surface area contributed by atoms with E-state index in [1.807, 2.05) is 37.3 Å². The molecule has 1 nitrogen and oxygen atoms in total. The first-order valence-corrected chi connectivity index (χ1v) is 3.78. The van der Waals surface area contributed by atoms with Crippen LogP contribution in [0.2, 0.25) is 0 Å². The maximum absolute atomic E-state index is 5.55. The standard InChI is InChI=1S/C10H13N.ClH/c1-9(11)7-8-10-5-3-2-4-6-10;/h2-9H,11H2,1H3;1H. The Balaban J connectivity index is 0.00000121. The van der Waals surface area contributed by atoms with Gasteiger partial charge in [-0.25, -0.2) is 0 Å². The Hall–Kier alpha value is -0.790. The van der Waals surface area contributed by atoms with Gasteiger partial charge in [0.05, 0.1) is 0 Å². The van der Waals surface area contributed by atoms with E-state index in [4.69, 9.17) is 5.73 Å². The SMILES string of the molecule is CC(N)C=Cc1ccccc1.Cl. The minimum Gasteiger partial charge on any atom is -0.325 e. The second-order valence-electron chi connectivity index (χ2n) is 2.63. The fraction of sp³-hybridized carbons (Fsp3) is 0.200. The summed E-state index contributed by atoms with van der Waals surface area (Å²) >= 11 is 0. The normalized spacial score (nSPS) is 12.5. The van der Waals surface area contributed by atoms with Gasteiger partial charge in [-0.2, -0.15) is 0 Å². The van der Waals surface area contributed by atoms with E-state index in [-0.39, 0.29) is 18.4 Å². The van der Waals surface area contributed by atoms with Crippen LogP contribution in [0.15, 0.2) is 36.4 Å². The Morgan fingerprint density at radius 1 is 1.25 bits per heavy atom. The third-order valence-electron chi connectivity index (χ3n) is 1.39. The number of hydrogen-bond acceptors (Lipinski definition) is 1. The molecule has 0 aliphatic rings. The van der Waals surface area contributed by atoms with Crippen molar-refractivity contribution in [2.24, 2.45) is 5.73 Å². The lowest BCUT2D eigenvalue weighted by molar-refractivity contribution is 0.931. The molecule has 0 bridgehead atoms. The van der Waals surface area contributed by atoms with Gasteiger partial charge in [-0.05, 0) is 12.5 Å². The van der Waals surface area contributed by atoms with Crippen molar-refractivity contribution in [2.75, 3.05) is 0 Å². The second-order valence-corrected chi connectivity index (χ2v) is 2.63. The summed E-state index contributed by atoms with van der Waals surface area (Å²) in [6, 6.07) is 10.3. The van der Waals surface area contributed by atoms with E-state index in [1.54, 1.807) is 0 Å². The minimum absolute atomic E-state index is 0. The van der Waals surface area contributed by atoms with Crippen LogP contribution in [0.1, 0.15) is 12.5 Å². The van der Waals surface area contributed by atoms with E-state index >= 15 is 0 Å². The summed E-state index contributed by atoms with van der Waals surface area (Å²) in [4.78, 5) is 0. The lowest BCUT2D eigenvalue weighted by Gasteiger charge is -1.94. The van der Waals surface area contributed by atoms with Gasteiger partial charge in [-0.3, -0.25) is 0 Å². The van der Waals surface area contributed by atoms with Crippen molar-refractivity contribution in [3.63, 3.8) is 0 Å². The molecule has 1 unspecified atom stereocenters. The summed E-state index contributed by atoms with van der Waals surface area (Å²) < 4.78 is 0. The summed E-state index contributed by atoms with van der Waals surface area (Å²) in [7, 11) is 0. The molecule has 0 aliphatic carbocycles. The van der Waals surface area contributed by atoms with Crippen molar-refractivity contribution in [3.05, 3.63) is 42.0 Å². The zero-order valence-electron chi connectivity index (χ0n) is 7.10. The minimum atomic E-state index is 0. The molecule has 1 atom stereocenters. The molecule has 0 aromatic heterocycles. The van der Waals surface area contributed by atoms with E-state index in [0.717, 1.165) is 0 Å². The molecule has 1 rings (SSSR count). The maximum atomic E-state index is 5.55. The van der Waals surface area contributed by atoms with Crippen LogP contribution < -0.4 is 5.73 Å². The summed E-state index contributed by atoms with van der Waals surface area (Å²) in [6.45, 7) is 1.96. The average molecular weight is 184 g/mol. The number of benzene rings is 1. The van der Waals surface area contributed by atoms with Gasteiger partial charge in [-0.1, -0.05) is 42.5 Å². The predicted octanol–water partition coefficient (Wildman–Crippen LogP) is 2.47. The van der Waals surface area contributed by atoms with Gasteiger partial charge >= 0.3 is 0 Å². The van der Waals surface area contributed by atoms with Crippen molar-refractivity contribution in [1.29, 1.82) is 0 Å². The number of nitrogens with two attached hydrogens (primary N) is 1. The van der Waals surface area contributed by atoms with Crippen LogP contribution in [0.5, 0.6) is 0 Å². The predicted molar refractivity (Wildman–Crippen MR) is 56.4 cm³/mol. The summed E-state index contributed by atoms with van der Waals surface area (Å²) in [5, 5.41) is 0. The van der Waals surface area contributed by atoms with Gasteiger partial charge in [0.25, 0.3) is 0 Å². The van der Waals surface area contributed by atoms with Crippen LogP contribution in [0.3, 0.4) is 0 Å². The molecule has 12 heavy (non-hydrogen) atoms. The van der Waals surface area contributed by atoms with Crippen molar-refractivity contribution < 1.29 is 0 Å². The Labute approximate surface area is 79.7 Å². The highest BCUT2D eigenvalue weighted by atomic mass is 35.5. The topological polar surface area (TPSA) is 26.0 Å². The number of hydrogen-bond donors (Lipinski definition) is 1.